The maximum Gasteiger partial charge on any atom is 0.0557 e. The quantitative estimate of drug-likeness (QED) is 0.465. The minimum atomic E-state index is 0.124. The molecule has 0 aliphatic heterocycles. The molecule has 1 heteroatoms. The molecule has 0 heterocycles. The Morgan fingerprint density at radius 1 is 1.07 bits per heavy atom. The van der Waals surface area contributed by atoms with Gasteiger partial charge in [-0.1, -0.05) is 50.5 Å². The van der Waals surface area contributed by atoms with E-state index in [0.29, 0.717) is 0 Å². The highest BCUT2D eigenvalue weighted by Crippen LogP contribution is 2.20. The van der Waals surface area contributed by atoms with Gasteiger partial charge in [-0.2, -0.15) is 0 Å². The van der Waals surface area contributed by atoms with Gasteiger partial charge in [0.15, 0.2) is 0 Å². The van der Waals surface area contributed by atoms with Crippen molar-refractivity contribution in [2.45, 2.75) is 51.3 Å². The molecule has 0 bridgehead atoms. The van der Waals surface area contributed by atoms with Gasteiger partial charge < -0.3 is 0 Å². The Hall–Kier alpha value is -0.490. The van der Waals surface area contributed by atoms with Gasteiger partial charge in [0.1, 0.15) is 0 Å². The summed E-state index contributed by atoms with van der Waals surface area (Å²) in [6.45, 7) is 4.26. The van der Waals surface area contributed by atoms with Crippen LogP contribution in [0.15, 0.2) is 24.3 Å². The maximum atomic E-state index is 6.00. The van der Waals surface area contributed by atoms with Crippen molar-refractivity contribution >= 4 is 11.6 Å². The molecule has 84 valence electrons. The summed E-state index contributed by atoms with van der Waals surface area (Å²) in [4.78, 5) is 0. The molecule has 0 spiro atoms. The summed E-state index contributed by atoms with van der Waals surface area (Å²) in [7, 11) is 0. The lowest BCUT2D eigenvalue weighted by molar-refractivity contribution is 0.667. The Morgan fingerprint density at radius 2 is 1.73 bits per heavy atom. The monoisotopic (exact) mass is 224 g/mol. The van der Waals surface area contributed by atoms with Crippen LogP contribution in [-0.4, -0.2) is 0 Å². The van der Waals surface area contributed by atoms with Crippen molar-refractivity contribution in [2.75, 3.05) is 0 Å². The normalized spacial score (nSPS) is 12.7. The van der Waals surface area contributed by atoms with Gasteiger partial charge in [-0.3, -0.25) is 0 Å². The Morgan fingerprint density at radius 3 is 2.27 bits per heavy atom. The SMILES string of the molecule is CCCCCCc1ccc(C(C)Cl)cc1. The minimum Gasteiger partial charge on any atom is -0.118 e. The molecular formula is C14H21Cl. The molecule has 0 fully saturated rings. The molecule has 1 aromatic carbocycles. The first-order chi connectivity index (χ1) is 7.24. The smallest absolute Gasteiger partial charge is 0.0557 e. The summed E-state index contributed by atoms with van der Waals surface area (Å²) >= 11 is 6.00. The number of hydrogen-bond donors (Lipinski definition) is 0. The fourth-order valence-corrected chi connectivity index (χ4v) is 1.85. The highest BCUT2D eigenvalue weighted by atomic mass is 35.5. The van der Waals surface area contributed by atoms with Crippen molar-refractivity contribution in [3.8, 4) is 0 Å². The molecular weight excluding hydrogens is 204 g/mol. The Bertz CT molecular complexity index is 261. The van der Waals surface area contributed by atoms with E-state index in [0.717, 1.165) is 0 Å². The van der Waals surface area contributed by atoms with E-state index in [1.54, 1.807) is 0 Å². The lowest BCUT2D eigenvalue weighted by Crippen LogP contribution is -1.88. The number of halogens is 1. The zero-order valence-electron chi connectivity index (χ0n) is 9.80. The molecule has 1 aromatic rings. The molecule has 0 saturated heterocycles. The molecule has 0 aliphatic carbocycles. The lowest BCUT2D eigenvalue weighted by atomic mass is 10.0. The zero-order chi connectivity index (χ0) is 11.1. The topological polar surface area (TPSA) is 0 Å². The second-order valence-electron chi connectivity index (χ2n) is 4.17. The summed E-state index contributed by atoms with van der Waals surface area (Å²) < 4.78 is 0. The van der Waals surface area contributed by atoms with Gasteiger partial charge in [-0.05, 0) is 30.9 Å². The fraction of sp³-hybridized carbons (Fsp3) is 0.571. The second-order valence-corrected chi connectivity index (χ2v) is 4.82. The molecule has 1 unspecified atom stereocenters. The molecule has 0 nitrogen and oxygen atoms in total. The third-order valence-electron chi connectivity index (χ3n) is 2.76. The van der Waals surface area contributed by atoms with Crippen LogP contribution >= 0.6 is 11.6 Å². The molecule has 0 aromatic heterocycles. The predicted octanol–water partition coefficient (Wildman–Crippen LogP) is 5.11. The van der Waals surface area contributed by atoms with Crippen LogP contribution in [0.4, 0.5) is 0 Å². The number of alkyl halides is 1. The molecule has 0 N–H and O–H groups in total. The average Bonchev–Trinajstić information content (AvgIpc) is 2.25. The molecule has 0 radical (unpaired) electrons. The van der Waals surface area contributed by atoms with Crippen LogP contribution in [0.1, 0.15) is 56.0 Å². The summed E-state index contributed by atoms with van der Waals surface area (Å²) in [5.41, 5.74) is 2.65. The standard InChI is InChI=1S/C14H21Cl/c1-3-4-5-6-7-13-8-10-14(11-9-13)12(2)15/h8-12H,3-7H2,1-2H3. The van der Waals surface area contributed by atoms with Crippen LogP contribution in [0, 0.1) is 0 Å². The minimum absolute atomic E-state index is 0.124. The first-order valence-corrected chi connectivity index (χ1v) is 6.40. The third kappa shape index (κ3) is 4.70. The predicted molar refractivity (Wildman–Crippen MR) is 68.6 cm³/mol. The van der Waals surface area contributed by atoms with Crippen LogP contribution in [0.25, 0.3) is 0 Å². The molecule has 0 amide bonds. The van der Waals surface area contributed by atoms with Gasteiger partial charge in [0.05, 0.1) is 5.38 Å². The zero-order valence-corrected chi connectivity index (χ0v) is 10.6. The molecule has 15 heavy (non-hydrogen) atoms. The van der Waals surface area contributed by atoms with Crippen molar-refractivity contribution < 1.29 is 0 Å². The molecule has 0 aliphatic rings. The van der Waals surface area contributed by atoms with Crippen LogP contribution in [0.2, 0.25) is 0 Å². The summed E-state index contributed by atoms with van der Waals surface area (Å²) in [5, 5.41) is 0.124. The van der Waals surface area contributed by atoms with Gasteiger partial charge in [0, 0.05) is 0 Å². The number of benzene rings is 1. The van der Waals surface area contributed by atoms with Crippen molar-refractivity contribution in [1.29, 1.82) is 0 Å². The number of aryl methyl sites for hydroxylation is 1. The Balaban J connectivity index is 2.36. The Labute approximate surface area is 98.7 Å². The highest BCUT2D eigenvalue weighted by molar-refractivity contribution is 6.20. The van der Waals surface area contributed by atoms with Gasteiger partial charge in [0.2, 0.25) is 0 Å². The van der Waals surface area contributed by atoms with E-state index in [2.05, 4.69) is 31.2 Å². The van der Waals surface area contributed by atoms with E-state index in [-0.39, 0.29) is 5.38 Å². The van der Waals surface area contributed by atoms with Crippen molar-refractivity contribution in [2.24, 2.45) is 0 Å². The number of rotatable bonds is 6. The van der Waals surface area contributed by atoms with Crippen LogP contribution in [0.5, 0.6) is 0 Å². The van der Waals surface area contributed by atoms with Crippen LogP contribution in [0.3, 0.4) is 0 Å². The van der Waals surface area contributed by atoms with Crippen molar-refractivity contribution in [3.63, 3.8) is 0 Å². The van der Waals surface area contributed by atoms with Crippen molar-refractivity contribution in [3.05, 3.63) is 35.4 Å². The largest absolute Gasteiger partial charge is 0.118 e. The third-order valence-corrected chi connectivity index (χ3v) is 3.01. The van der Waals surface area contributed by atoms with Crippen molar-refractivity contribution in [1.82, 2.24) is 0 Å². The van der Waals surface area contributed by atoms with Gasteiger partial charge in [-0.15, -0.1) is 11.6 Å². The van der Waals surface area contributed by atoms with Gasteiger partial charge >= 0.3 is 0 Å². The summed E-state index contributed by atoms with van der Waals surface area (Å²) in [5.74, 6) is 0. The molecule has 1 atom stereocenters. The van der Waals surface area contributed by atoms with E-state index < -0.39 is 0 Å². The number of hydrogen-bond acceptors (Lipinski definition) is 0. The van der Waals surface area contributed by atoms with E-state index in [1.165, 1.54) is 43.2 Å². The summed E-state index contributed by atoms with van der Waals surface area (Å²) in [6, 6.07) is 8.71. The fourth-order valence-electron chi connectivity index (χ4n) is 1.71. The highest BCUT2D eigenvalue weighted by Gasteiger charge is 2.00. The number of unbranched alkanes of at least 4 members (excludes halogenated alkanes) is 3. The Kier molecular flexibility index (Phi) is 5.78. The maximum absolute atomic E-state index is 6.00. The van der Waals surface area contributed by atoms with Gasteiger partial charge in [0.25, 0.3) is 0 Å². The first-order valence-electron chi connectivity index (χ1n) is 5.97. The van der Waals surface area contributed by atoms with Crippen LogP contribution in [-0.2, 0) is 6.42 Å². The van der Waals surface area contributed by atoms with Gasteiger partial charge in [-0.25, -0.2) is 0 Å². The van der Waals surface area contributed by atoms with Crippen LogP contribution < -0.4 is 0 Å². The lowest BCUT2D eigenvalue weighted by Gasteiger charge is -2.05. The first kappa shape index (κ1) is 12.6. The molecule has 0 saturated carbocycles. The average molecular weight is 225 g/mol. The summed E-state index contributed by atoms with van der Waals surface area (Å²) in [6.07, 6.45) is 6.53. The van der Waals surface area contributed by atoms with E-state index in [1.807, 2.05) is 6.92 Å². The molecule has 1 rings (SSSR count). The van der Waals surface area contributed by atoms with E-state index >= 15 is 0 Å². The van der Waals surface area contributed by atoms with E-state index in [4.69, 9.17) is 11.6 Å². The second kappa shape index (κ2) is 6.90. The van der Waals surface area contributed by atoms with E-state index in [9.17, 15) is 0 Å².